The summed E-state index contributed by atoms with van der Waals surface area (Å²) in [5, 5.41) is 0. The molecule has 64 heavy (non-hydrogen) atoms. The van der Waals surface area contributed by atoms with Crippen molar-refractivity contribution < 1.29 is 47.7 Å². The summed E-state index contributed by atoms with van der Waals surface area (Å²) in [5.74, 6) is -1.14. The van der Waals surface area contributed by atoms with Gasteiger partial charge in [-0.25, -0.2) is 0 Å². The van der Waals surface area contributed by atoms with Crippen LogP contribution in [0.5, 0.6) is 0 Å². The van der Waals surface area contributed by atoms with Crippen LogP contribution in [-0.4, -0.2) is 87.4 Å². The van der Waals surface area contributed by atoms with Crippen LogP contribution in [0, 0.1) is 5.92 Å². The van der Waals surface area contributed by atoms with Crippen molar-refractivity contribution in [1.82, 2.24) is 4.90 Å². The topological polar surface area (TPSA) is 135 Å². The quantitative estimate of drug-likeness (QED) is 0.0328. The van der Waals surface area contributed by atoms with Crippen molar-refractivity contribution in [2.45, 2.75) is 265 Å². The Labute approximate surface area is 392 Å². The van der Waals surface area contributed by atoms with Gasteiger partial charge in [-0.1, -0.05) is 150 Å². The maximum atomic E-state index is 12.8. The summed E-state index contributed by atoms with van der Waals surface area (Å²) < 4.78 is 28.1. The van der Waals surface area contributed by atoms with Gasteiger partial charge < -0.3 is 28.6 Å². The first kappa shape index (κ1) is 61.3. The van der Waals surface area contributed by atoms with Gasteiger partial charge in [0.2, 0.25) is 0 Å². The van der Waals surface area contributed by atoms with Crippen LogP contribution < -0.4 is 0 Å². The number of carbonyl (C=O) groups is 5. The first-order valence-electron chi connectivity index (χ1n) is 26.5. The van der Waals surface area contributed by atoms with Gasteiger partial charge in [-0.3, -0.25) is 24.0 Å². The van der Waals surface area contributed by atoms with E-state index in [1.807, 2.05) is 19.0 Å². The predicted octanol–water partition coefficient (Wildman–Crippen LogP) is 13.4. The molecule has 0 spiro atoms. The average Bonchev–Trinajstić information content (AvgIpc) is 3.27. The van der Waals surface area contributed by atoms with Gasteiger partial charge in [0.25, 0.3) is 0 Å². The molecule has 376 valence electrons. The summed E-state index contributed by atoms with van der Waals surface area (Å²) in [6, 6.07) is 0. The standard InChI is InChI=1S/C53H99NO10/c1-7-11-15-18-20-26-35-47(36-27-21-19-16-12-8-2)63-52(58)40-29-23-22-28-37-50(56)61-44-48(64-53(59)41-32-42-54(5)6)45-62-51(57)39-31-24-30-38-49(55)60-43-46(33-14-10-4)34-25-17-13-9-3/h46-48H,7-45H2,1-6H3. The molecule has 0 aliphatic carbocycles. The van der Waals surface area contributed by atoms with Crippen LogP contribution in [0.15, 0.2) is 0 Å². The van der Waals surface area contributed by atoms with Gasteiger partial charge in [0.15, 0.2) is 6.10 Å². The van der Waals surface area contributed by atoms with E-state index in [-0.39, 0.29) is 50.5 Å². The van der Waals surface area contributed by atoms with Crippen molar-refractivity contribution in [3.05, 3.63) is 0 Å². The second-order valence-corrected chi connectivity index (χ2v) is 18.6. The second-order valence-electron chi connectivity index (χ2n) is 18.6. The lowest BCUT2D eigenvalue weighted by molar-refractivity contribution is -0.167. The third-order valence-electron chi connectivity index (χ3n) is 11.9. The number of carbonyl (C=O) groups excluding carboxylic acids is 5. The molecule has 0 rings (SSSR count). The highest BCUT2D eigenvalue weighted by Crippen LogP contribution is 2.20. The molecule has 2 atom stereocenters. The molecule has 11 nitrogen and oxygen atoms in total. The van der Waals surface area contributed by atoms with Gasteiger partial charge in [-0.05, 0) is 97.2 Å². The zero-order valence-electron chi connectivity index (χ0n) is 42.3. The lowest BCUT2D eigenvalue weighted by Gasteiger charge is -2.19. The summed E-state index contributed by atoms with van der Waals surface area (Å²) >= 11 is 0. The number of rotatable bonds is 47. The van der Waals surface area contributed by atoms with Crippen LogP contribution in [-0.2, 0) is 47.7 Å². The summed E-state index contributed by atoms with van der Waals surface area (Å²) in [4.78, 5) is 65.0. The fourth-order valence-corrected chi connectivity index (χ4v) is 7.78. The molecule has 0 N–H and O–H groups in total. The largest absolute Gasteiger partial charge is 0.465 e. The van der Waals surface area contributed by atoms with E-state index in [4.69, 9.17) is 23.7 Å². The first-order chi connectivity index (χ1) is 31.0. The molecule has 0 aromatic carbocycles. The third kappa shape index (κ3) is 42.0. The van der Waals surface area contributed by atoms with Crippen LogP contribution in [0.2, 0.25) is 0 Å². The van der Waals surface area contributed by atoms with E-state index in [9.17, 15) is 24.0 Å². The molecule has 0 aliphatic heterocycles. The highest BCUT2D eigenvalue weighted by atomic mass is 16.6. The fraction of sp³-hybridized carbons (Fsp3) is 0.906. The Kier molecular flexibility index (Phi) is 43.6. The number of hydrogen-bond donors (Lipinski definition) is 0. The molecule has 0 heterocycles. The lowest BCUT2D eigenvalue weighted by atomic mass is 9.96. The summed E-state index contributed by atoms with van der Waals surface area (Å²) in [5.41, 5.74) is 0. The maximum Gasteiger partial charge on any atom is 0.306 e. The van der Waals surface area contributed by atoms with Crippen LogP contribution in [0.3, 0.4) is 0 Å². The van der Waals surface area contributed by atoms with Gasteiger partial charge in [0.1, 0.15) is 19.3 Å². The highest BCUT2D eigenvalue weighted by Gasteiger charge is 2.20. The summed E-state index contributed by atoms with van der Waals surface area (Å²) in [6.07, 6.45) is 31.9. The lowest BCUT2D eigenvalue weighted by Crippen LogP contribution is -2.31. The smallest absolute Gasteiger partial charge is 0.306 e. The molecule has 0 aliphatic rings. The molecule has 11 heteroatoms. The predicted molar refractivity (Wildman–Crippen MR) is 259 cm³/mol. The normalized spacial score (nSPS) is 12.3. The molecule has 0 saturated heterocycles. The maximum absolute atomic E-state index is 12.8. The van der Waals surface area contributed by atoms with E-state index in [2.05, 4.69) is 27.7 Å². The minimum absolute atomic E-state index is 0.0148. The first-order valence-corrected chi connectivity index (χ1v) is 26.5. The summed E-state index contributed by atoms with van der Waals surface area (Å²) in [7, 11) is 3.86. The molecule has 2 unspecified atom stereocenters. The average molecular weight is 910 g/mol. The van der Waals surface area contributed by atoms with Gasteiger partial charge >= 0.3 is 29.8 Å². The summed E-state index contributed by atoms with van der Waals surface area (Å²) in [6.45, 7) is 9.67. The van der Waals surface area contributed by atoms with E-state index in [1.165, 1.54) is 89.9 Å². The van der Waals surface area contributed by atoms with Crippen LogP contribution in [0.1, 0.15) is 252 Å². The van der Waals surface area contributed by atoms with E-state index in [0.717, 1.165) is 77.2 Å². The van der Waals surface area contributed by atoms with Crippen molar-refractivity contribution in [2.75, 3.05) is 40.5 Å². The van der Waals surface area contributed by atoms with Crippen molar-refractivity contribution in [1.29, 1.82) is 0 Å². The molecule has 0 saturated carbocycles. The van der Waals surface area contributed by atoms with Crippen LogP contribution >= 0.6 is 0 Å². The Morgan fingerprint density at radius 1 is 0.344 bits per heavy atom. The second kappa shape index (κ2) is 45.5. The Morgan fingerprint density at radius 2 is 0.672 bits per heavy atom. The Bertz CT molecular complexity index is 1110. The number of ether oxygens (including phenoxy) is 5. The van der Waals surface area contributed by atoms with E-state index in [1.54, 1.807) is 0 Å². The van der Waals surface area contributed by atoms with Crippen molar-refractivity contribution >= 4 is 29.8 Å². The molecular weight excluding hydrogens is 811 g/mol. The van der Waals surface area contributed by atoms with E-state index in [0.29, 0.717) is 57.5 Å². The Hall–Kier alpha value is -2.69. The SMILES string of the molecule is CCCCCCCCC(CCCCCCCC)OC(=O)CCCCCCC(=O)OCC(COC(=O)CCCCCC(=O)OCC(CCCC)CCCCCC)OC(=O)CCCN(C)C. The number of nitrogens with zero attached hydrogens (tertiary/aromatic N) is 1. The van der Waals surface area contributed by atoms with Crippen LogP contribution in [0.25, 0.3) is 0 Å². The fourth-order valence-electron chi connectivity index (χ4n) is 7.78. The number of unbranched alkanes of at least 4 members (excludes halogenated alkanes) is 19. The third-order valence-corrected chi connectivity index (χ3v) is 11.9. The van der Waals surface area contributed by atoms with Gasteiger partial charge in [-0.2, -0.15) is 0 Å². The van der Waals surface area contributed by atoms with Gasteiger partial charge in [0.05, 0.1) is 6.61 Å². The van der Waals surface area contributed by atoms with Gasteiger partial charge in [-0.15, -0.1) is 0 Å². The number of hydrogen-bond acceptors (Lipinski definition) is 11. The minimum Gasteiger partial charge on any atom is -0.465 e. The monoisotopic (exact) mass is 910 g/mol. The van der Waals surface area contributed by atoms with Crippen LogP contribution in [0.4, 0.5) is 0 Å². The number of esters is 5. The highest BCUT2D eigenvalue weighted by molar-refractivity contribution is 5.71. The molecule has 0 radical (unpaired) electrons. The zero-order chi connectivity index (χ0) is 47.3. The molecule has 0 aromatic rings. The molecular formula is C53H99NO10. The molecule has 0 fully saturated rings. The minimum atomic E-state index is -0.903. The Balaban J connectivity index is 4.63. The zero-order valence-corrected chi connectivity index (χ0v) is 42.3. The van der Waals surface area contributed by atoms with Gasteiger partial charge in [0, 0.05) is 32.1 Å². The molecule has 0 amide bonds. The van der Waals surface area contributed by atoms with E-state index >= 15 is 0 Å². The van der Waals surface area contributed by atoms with Crippen molar-refractivity contribution in [3.63, 3.8) is 0 Å². The Morgan fingerprint density at radius 3 is 1.14 bits per heavy atom. The molecule has 0 aromatic heterocycles. The molecule has 0 bridgehead atoms. The van der Waals surface area contributed by atoms with Crippen molar-refractivity contribution in [2.24, 2.45) is 5.92 Å². The van der Waals surface area contributed by atoms with Crippen molar-refractivity contribution in [3.8, 4) is 0 Å². The van der Waals surface area contributed by atoms with E-state index < -0.39 is 24.0 Å².